The predicted molar refractivity (Wildman–Crippen MR) is 106 cm³/mol. The summed E-state index contributed by atoms with van der Waals surface area (Å²) in [6.45, 7) is 8.08. The van der Waals surface area contributed by atoms with Crippen LogP contribution in [-0.2, 0) is 4.79 Å². The first-order valence-corrected chi connectivity index (χ1v) is 8.73. The molecule has 0 aromatic heterocycles. The second kappa shape index (κ2) is 10.7. The Morgan fingerprint density at radius 3 is 2.56 bits per heavy atom. The Bertz CT molecular complexity index is 531. The molecule has 25 heavy (non-hydrogen) atoms. The highest BCUT2D eigenvalue weighted by atomic mass is 35.5. The van der Waals surface area contributed by atoms with Crippen LogP contribution in [0.5, 0.6) is 5.75 Å². The zero-order chi connectivity index (χ0) is 16.1. The van der Waals surface area contributed by atoms with Crippen molar-refractivity contribution >= 4 is 36.4 Å². The van der Waals surface area contributed by atoms with Crippen molar-refractivity contribution in [2.75, 3.05) is 50.8 Å². The zero-order valence-corrected chi connectivity index (χ0v) is 16.4. The lowest BCUT2D eigenvalue weighted by molar-refractivity contribution is -0.132. The summed E-state index contributed by atoms with van der Waals surface area (Å²) >= 11 is 0. The highest BCUT2D eigenvalue weighted by Crippen LogP contribution is 2.29. The van der Waals surface area contributed by atoms with Crippen LogP contribution in [-0.4, -0.2) is 56.7 Å². The summed E-state index contributed by atoms with van der Waals surface area (Å²) in [5.41, 5.74) is 1.14. The highest BCUT2D eigenvalue weighted by Gasteiger charge is 2.25. The van der Waals surface area contributed by atoms with Crippen molar-refractivity contribution in [3.63, 3.8) is 0 Å². The van der Waals surface area contributed by atoms with Gasteiger partial charge >= 0.3 is 0 Å². The maximum absolute atomic E-state index is 12.4. The Morgan fingerprint density at radius 2 is 1.92 bits per heavy atom. The van der Waals surface area contributed by atoms with Gasteiger partial charge < -0.3 is 19.9 Å². The van der Waals surface area contributed by atoms with Gasteiger partial charge in [0.05, 0.1) is 12.3 Å². The van der Waals surface area contributed by atoms with Crippen LogP contribution in [0.4, 0.5) is 5.69 Å². The fraction of sp³-hybridized carbons (Fsp3) is 0.611. The minimum atomic E-state index is 0. The van der Waals surface area contributed by atoms with Gasteiger partial charge in [-0.1, -0.05) is 12.1 Å². The SMILES string of the molecule is CCOc1ccccc1N1CCN(C(=O)CC2CCNC2)CC1.Cl.Cl. The van der Waals surface area contributed by atoms with E-state index >= 15 is 0 Å². The third-order valence-corrected chi connectivity index (χ3v) is 4.76. The van der Waals surface area contributed by atoms with Gasteiger partial charge in [-0.25, -0.2) is 0 Å². The number of benzene rings is 1. The van der Waals surface area contributed by atoms with Crippen molar-refractivity contribution in [1.29, 1.82) is 0 Å². The molecule has 0 radical (unpaired) electrons. The minimum absolute atomic E-state index is 0. The largest absolute Gasteiger partial charge is 0.492 e. The average Bonchev–Trinajstić information content (AvgIpc) is 3.09. The molecule has 142 valence electrons. The Balaban J connectivity index is 0.00000156. The van der Waals surface area contributed by atoms with E-state index in [2.05, 4.69) is 16.3 Å². The van der Waals surface area contributed by atoms with Crippen molar-refractivity contribution in [2.45, 2.75) is 19.8 Å². The second-order valence-corrected chi connectivity index (χ2v) is 6.33. The molecule has 1 aromatic rings. The Hall–Kier alpha value is -1.17. The number of halogens is 2. The molecule has 5 nitrogen and oxygen atoms in total. The minimum Gasteiger partial charge on any atom is -0.492 e. The summed E-state index contributed by atoms with van der Waals surface area (Å²) in [6.07, 6.45) is 1.83. The summed E-state index contributed by atoms with van der Waals surface area (Å²) < 4.78 is 5.72. The average molecular weight is 390 g/mol. The van der Waals surface area contributed by atoms with Gasteiger partial charge in [-0.05, 0) is 44.5 Å². The Kier molecular flexibility index (Phi) is 9.39. The van der Waals surface area contributed by atoms with Crippen LogP contribution in [0.25, 0.3) is 0 Å². The molecular weight excluding hydrogens is 361 g/mol. The van der Waals surface area contributed by atoms with Gasteiger partial charge in [-0.15, -0.1) is 24.8 Å². The first-order chi connectivity index (χ1) is 11.3. The van der Waals surface area contributed by atoms with E-state index in [1.165, 1.54) is 0 Å². The van der Waals surface area contributed by atoms with E-state index in [9.17, 15) is 4.79 Å². The normalized spacial score (nSPS) is 19.8. The molecule has 2 saturated heterocycles. The smallest absolute Gasteiger partial charge is 0.223 e. The molecule has 1 atom stereocenters. The maximum atomic E-state index is 12.4. The third-order valence-electron chi connectivity index (χ3n) is 4.76. The standard InChI is InChI=1S/C18H27N3O2.2ClH/c1-2-23-17-6-4-3-5-16(17)20-9-11-21(12-10-20)18(22)13-15-7-8-19-14-15;;/h3-6,15,19H,2,7-14H2,1H3;2*1H. The number of anilines is 1. The van der Waals surface area contributed by atoms with Gasteiger partial charge in [0, 0.05) is 32.6 Å². The monoisotopic (exact) mass is 389 g/mol. The van der Waals surface area contributed by atoms with Crippen LogP contribution in [0.15, 0.2) is 24.3 Å². The molecule has 0 spiro atoms. The summed E-state index contributed by atoms with van der Waals surface area (Å²) in [5.74, 6) is 1.78. The molecule has 2 aliphatic rings. The molecule has 3 rings (SSSR count). The summed E-state index contributed by atoms with van der Waals surface area (Å²) in [6, 6.07) is 8.17. The number of para-hydroxylation sites is 2. The Morgan fingerprint density at radius 1 is 1.20 bits per heavy atom. The molecule has 1 N–H and O–H groups in total. The fourth-order valence-electron chi connectivity index (χ4n) is 3.46. The lowest BCUT2D eigenvalue weighted by Gasteiger charge is -2.37. The summed E-state index contributed by atoms with van der Waals surface area (Å²) in [5, 5.41) is 3.33. The fourth-order valence-corrected chi connectivity index (χ4v) is 3.46. The Labute approximate surface area is 162 Å². The van der Waals surface area contributed by atoms with Crippen molar-refractivity contribution in [3.8, 4) is 5.75 Å². The van der Waals surface area contributed by atoms with Crippen molar-refractivity contribution in [3.05, 3.63) is 24.3 Å². The number of carbonyl (C=O) groups excluding carboxylic acids is 1. The molecule has 1 aromatic carbocycles. The van der Waals surface area contributed by atoms with Gasteiger partial charge in [-0.3, -0.25) is 4.79 Å². The molecule has 1 unspecified atom stereocenters. The van der Waals surface area contributed by atoms with E-state index in [0.717, 1.165) is 57.1 Å². The van der Waals surface area contributed by atoms with Crippen LogP contribution in [0.3, 0.4) is 0 Å². The number of nitrogens with zero attached hydrogens (tertiary/aromatic N) is 2. The quantitative estimate of drug-likeness (QED) is 0.840. The molecule has 2 fully saturated rings. The van der Waals surface area contributed by atoms with Gasteiger partial charge in [-0.2, -0.15) is 0 Å². The second-order valence-electron chi connectivity index (χ2n) is 6.33. The van der Waals surface area contributed by atoms with Gasteiger partial charge in [0.25, 0.3) is 0 Å². The summed E-state index contributed by atoms with van der Waals surface area (Å²) in [7, 11) is 0. The van der Waals surface area contributed by atoms with Gasteiger partial charge in [0.1, 0.15) is 5.75 Å². The first kappa shape index (κ1) is 21.9. The molecule has 2 heterocycles. The molecule has 1 amide bonds. The molecule has 0 bridgehead atoms. The van der Waals surface area contributed by atoms with E-state index in [1.54, 1.807) is 0 Å². The lowest BCUT2D eigenvalue weighted by atomic mass is 10.0. The lowest BCUT2D eigenvalue weighted by Crippen LogP contribution is -2.49. The molecule has 7 heteroatoms. The van der Waals surface area contributed by atoms with E-state index in [-0.39, 0.29) is 24.8 Å². The number of piperazine rings is 1. The molecule has 0 saturated carbocycles. The van der Waals surface area contributed by atoms with Crippen molar-refractivity contribution < 1.29 is 9.53 Å². The predicted octanol–water partition coefficient (Wildman–Crippen LogP) is 2.58. The topological polar surface area (TPSA) is 44.8 Å². The van der Waals surface area contributed by atoms with E-state index in [1.807, 2.05) is 30.0 Å². The van der Waals surface area contributed by atoms with E-state index in [0.29, 0.717) is 24.9 Å². The van der Waals surface area contributed by atoms with Gasteiger partial charge in [0.15, 0.2) is 0 Å². The van der Waals surface area contributed by atoms with E-state index in [4.69, 9.17) is 4.74 Å². The molecular formula is C18H29Cl2N3O2. The highest BCUT2D eigenvalue weighted by molar-refractivity contribution is 5.85. The van der Waals surface area contributed by atoms with Crippen LogP contribution in [0.1, 0.15) is 19.8 Å². The van der Waals surface area contributed by atoms with Crippen LogP contribution in [0, 0.1) is 5.92 Å². The number of nitrogens with one attached hydrogen (secondary N) is 1. The maximum Gasteiger partial charge on any atom is 0.223 e. The number of carbonyl (C=O) groups is 1. The molecule has 0 aliphatic carbocycles. The number of hydrogen-bond donors (Lipinski definition) is 1. The number of ether oxygens (including phenoxy) is 1. The van der Waals surface area contributed by atoms with Crippen LogP contribution >= 0.6 is 24.8 Å². The zero-order valence-electron chi connectivity index (χ0n) is 14.8. The third kappa shape index (κ3) is 5.66. The van der Waals surface area contributed by atoms with Crippen molar-refractivity contribution in [1.82, 2.24) is 10.2 Å². The van der Waals surface area contributed by atoms with Crippen molar-refractivity contribution in [2.24, 2.45) is 5.92 Å². The van der Waals surface area contributed by atoms with Crippen LogP contribution < -0.4 is 15.0 Å². The first-order valence-electron chi connectivity index (χ1n) is 8.73. The van der Waals surface area contributed by atoms with Crippen LogP contribution in [0.2, 0.25) is 0 Å². The number of rotatable bonds is 5. The van der Waals surface area contributed by atoms with E-state index < -0.39 is 0 Å². The number of hydrogen-bond acceptors (Lipinski definition) is 4. The van der Waals surface area contributed by atoms with Gasteiger partial charge in [0.2, 0.25) is 5.91 Å². The number of amides is 1. The molecule has 2 aliphatic heterocycles. The summed E-state index contributed by atoms with van der Waals surface area (Å²) in [4.78, 5) is 16.8.